The van der Waals surface area contributed by atoms with Crippen molar-refractivity contribution < 1.29 is 9.47 Å². The minimum absolute atomic E-state index is 0.0878. The molecular formula is C27H25Cl2N3O2. The summed E-state index contributed by atoms with van der Waals surface area (Å²) in [5.41, 5.74) is 2.17. The number of benzene rings is 2. The number of unbranched alkanes of at least 4 members (excludes halogenated alkanes) is 2. The standard InChI is InChI=1S/C27H25Cl2N3O2/c1-3-4-5-7-17(2)19-16-20-22(29)9-11-23(33-15-13-30)26(20)32-27(19)34-24-12-10-21(28)18-8-6-14-31-25(18)24/h6,8-12,14,16-17H,3-5,7,15H2,1-2H3. The van der Waals surface area contributed by atoms with E-state index in [9.17, 15) is 0 Å². The van der Waals surface area contributed by atoms with Gasteiger partial charge >= 0.3 is 0 Å². The maximum atomic E-state index is 8.98. The van der Waals surface area contributed by atoms with Crippen LogP contribution in [0.4, 0.5) is 0 Å². The van der Waals surface area contributed by atoms with Gasteiger partial charge in [0.15, 0.2) is 12.4 Å². The Kier molecular flexibility index (Phi) is 7.72. The molecule has 0 radical (unpaired) electrons. The van der Waals surface area contributed by atoms with Crippen LogP contribution in [0.25, 0.3) is 21.8 Å². The number of aromatic nitrogens is 2. The first-order valence-corrected chi connectivity index (χ1v) is 12.1. The number of fused-ring (bicyclic) bond motifs is 2. The summed E-state index contributed by atoms with van der Waals surface area (Å²) in [7, 11) is 0. The third-order valence-corrected chi connectivity index (χ3v) is 6.50. The van der Waals surface area contributed by atoms with Gasteiger partial charge in [-0.05, 0) is 54.8 Å². The SMILES string of the molecule is CCCCCC(C)c1cc2c(Cl)ccc(OCC#N)c2nc1Oc1ccc(Cl)c2cccnc12. The molecule has 0 aliphatic heterocycles. The van der Waals surface area contributed by atoms with Gasteiger partial charge in [0.1, 0.15) is 22.9 Å². The van der Waals surface area contributed by atoms with Crippen molar-refractivity contribution in [3.63, 3.8) is 0 Å². The zero-order valence-corrected chi connectivity index (χ0v) is 20.7. The van der Waals surface area contributed by atoms with E-state index in [-0.39, 0.29) is 12.5 Å². The maximum Gasteiger partial charge on any atom is 0.223 e. The van der Waals surface area contributed by atoms with Crippen LogP contribution in [-0.2, 0) is 0 Å². The summed E-state index contributed by atoms with van der Waals surface area (Å²) in [6.07, 6.45) is 6.14. The fraction of sp³-hybridized carbons (Fsp3) is 0.296. The van der Waals surface area contributed by atoms with E-state index in [1.54, 1.807) is 30.5 Å². The van der Waals surface area contributed by atoms with Crippen LogP contribution in [0, 0.1) is 11.3 Å². The topological polar surface area (TPSA) is 68.0 Å². The Morgan fingerprint density at radius 3 is 2.53 bits per heavy atom. The lowest BCUT2D eigenvalue weighted by molar-refractivity contribution is 0.371. The lowest BCUT2D eigenvalue weighted by Gasteiger charge is -2.19. The van der Waals surface area contributed by atoms with Crippen molar-refractivity contribution in [1.29, 1.82) is 5.26 Å². The van der Waals surface area contributed by atoms with Crippen LogP contribution >= 0.6 is 23.2 Å². The average molecular weight is 494 g/mol. The summed E-state index contributed by atoms with van der Waals surface area (Å²) in [5.74, 6) is 1.71. The summed E-state index contributed by atoms with van der Waals surface area (Å²) in [5, 5.41) is 11.7. The Morgan fingerprint density at radius 1 is 1.00 bits per heavy atom. The maximum absolute atomic E-state index is 8.98. The number of nitrogens with zero attached hydrogens (tertiary/aromatic N) is 3. The molecule has 0 N–H and O–H groups in total. The predicted molar refractivity (Wildman–Crippen MR) is 137 cm³/mol. The lowest BCUT2D eigenvalue weighted by Crippen LogP contribution is -2.03. The Balaban J connectivity index is 1.86. The summed E-state index contributed by atoms with van der Waals surface area (Å²) in [6, 6.07) is 14.9. The highest BCUT2D eigenvalue weighted by atomic mass is 35.5. The van der Waals surface area contributed by atoms with Crippen molar-refractivity contribution >= 4 is 45.0 Å². The van der Waals surface area contributed by atoms with Crippen LogP contribution in [-0.4, -0.2) is 16.6 Å². The van der Waals surface area contributed by atoms with Gasteiger partial charge in [-0.3, -0.25) is 4.98 Å². The van der Waals surface area contributed by atoms with Crippen molar-refractivity contribution in [2.75, 3.05) is 6.61 Å². The fourth-order valence-electron chi connectivity index (χ4n) is 4.02. The third-order valence-electron chi connectivity index (χ3n) is 5.84. The van der Waals surface area contributed by atoms with Gasteiger partial charge in [0.25, 0.3) is 0 Å². The molecule has 1 atom stereocenters. The second-order valence-corrected chi connectivity index (χ2v) is 9.03. The molecule has 5 nitrogen and oxygen atoms in total. The molecule has 174 valence electrons. The summed E-state index contributed by atoms with van der Waals surface area (Å²) in [4.78, 5) is 9.35. The fourth-order valence-corrected chi connectivity index (χ4v) is 4.44. The van der Waals surface area contributed by atoms with Gasteiger partial charge in [0.2, 0.25) is 5.88 Å². The van der Waals surface area contributed by atoms with Crippen molar-refractivity contribution in [2.24, 2.45) is 0 Å². The number of hydrogen-bond acceptors (Lipinski definition) is 5. The predicted octanol–water partition coefficient (Wildman–Crippen LogP) is 8.47. The molecule has 0 spiro atoms. The molecule has 0 fully saturated rings. The molecule has 0 saturated carbocycles. The van der Waals surface area contributed by atoms with Crippen LogP contribution in [0.1, 0.15) is 51.0 Å². The third kappa shape index (κ3) is 5.04. The summed E-state index contributed by atoms with van der Waals surface area (Å²) in [6.45, 7) is 4.28. The highest BCUT2D eigenvalue weighted by Gasteiger charge is 2.20. The molecule has 0 aliphatic rings. The molecule has 4 aromatic rings. The van der Waals surface area contributed by atoms with E-state index in [4.69, 9.17) is 42.9 Å². The van der Waals surface area contributed by atoms with E-state index in [0.29, 0.717) is 38.5 Å². The van der Waals surface area contributed by atoms with E-state index in [0.717, 1.165) is 35.6 Å². The zero-order chi connectivity index (χ0) is 24.1. The van der Waals surface area contributed by atoms with E-state index in [1.807, 2.05) is 24.3 Å². The Bertz CT molecular complexity index is 1370. The molecule has 2 heterocycles. The molecule has 7 heteroatoms. The van der Waals surface area contributed by atoms with Gasteiger partial charge in [-0.15, -0.1) is 0 Å². The highest BCUT2D eigenvalue weighted by molar-refractivity contribution is 6.36. The van der Waals surface area contributed by atoms with E-state index >= 15 is 0 Å². The molecule has 2 aromatic carbocycles. The van der Waals surface area contributed by atoms with Gasteiger partial charge in [-0.25, -0.2) is 4.98 Å². The molecule has 0 amide bonds. The first kappa shape index (κ1) is 24.1. The van der Waals surface area contributed by atoms with Crippen molar-refractivity contribution in [3.8, 4) is 23.4 Å². The molecule has 2 aromatic heterocycles. The van der Waals surface area contributed by atoms with Crippen LogP contribution in [0.5, 0.6) is 17.4 Å². The van der Waals surface area contributed by atoms with E-state index in [1.165, 1.54) is 6.42 Å². The van der Waals surface area contributed by atoms with E-state index in [2.05, 4.69) is 18.8 Å². The highest BCUT2D eigenvalue weighted by Crippen LogP contribution is 2.40. The Hall–Kier alpha value is -3.07. The first-order chi connectivity index (χ1) is 16.5. The lowest BCUT2D eigenvalue weighted by atomic mass is 9.94. The van der Waals surface area contributed by atoms with Crippen molar-refractivity contribution in [1.82, 2.24) is 9.97 Å². The minimum atomic E-state index is -0.0878. The number of ether oxygens (including phenoxy) is 2. The molecule has 4 rings (SSSR count). The molecule has 34 heavy (non-hydrogen) atoms. The monoisotopic (exact) mass is 493 g/mol. The van der Waals surface area contributed by atoms with Crippen LogP contribution in [0.3, 0.4) is 0 Å². The smallest absolute Gasteiger partial charge is 0.223 e. The summed E-state index contributed by atoms with van der Waals surface area (Å²) >= 11 is 12.9. The molecule has 0 aliphatic carbocycles. The number of halogens is 2. The summed E-state index contributed by atoms with van der Waals surface area (Å²) < 4.78 is 12.0. The van der Waals surface area contributed by atoms with Gasteiger partial charge in [0.05, 0.1) is 10.0 Å². The average Bonchev–Trinajstić information content (AvgIpc) is 2.85. The molecule has 0 saturated heterocycles. The van der Waals surface area contributed by atoms with Crippen LogP contribution in [0.2, 0.25) is 10.0 Å². The normalized spacial score (nSPS) is 12.0. The second kappa shape index (κ2) is 10.9. The Labute approximate surface area is 209 Å². The first-order valence-electron chi connectivity index (χ1n) is 11.4. The zero-order valence-electron chi connectivity index (χ0n) is 19.1. The Morgan fingerprint density at radius 2 is 1.76 bits per heavy atom. The molecule has 0 bridgehead atoms. The van der Waals surface area contributed by atoms with Gasteiger partial charge in [0, 0.05) is 22.5 Å². The number of hydrogen-bond donors (Lipinski definition) is 0. The van der Waals surface area contributed by atoms with E-state index < -0.39 is 0 Å². The minimum Gasteiger partial charge on any atom is -0.476 e. The largest absolute Gasteiger partial charge is 0.476 e. The van der Waals surface area contributed by atoms with Crippen LogP contribution in [0.15, 0.2) is 48.7 Å². The van der Waals surface area contributed by atoms with Crippen molar-refractivity contribution in [3.05, 3.63) is 64.3 Å². The molecular weight excluding hydrogens is 469 g/mol. The number of nitriles is 1. The quantitative estimate of drug-likeness (QED) is 0.218. The van der Waals surface area contributed by atoms with Gasteiger partial charge in [-0.2, -0.15) is 5.26 Å². The van der Waals surface area contributed by atoms with Gasteiger partial charge in [-0.1, -0.05) is 56.3 Å². The van der Waals surface area contributed by atoms with Gasteiger partial charge < -0.3 is 9.47 Å². The van der Waals surface area contributed by atoms with Crippen LogP contribution < -0.4 is 9.47 Å². The molecule has 1 unspecified atom stereocenters. The number of pyridine rings is 2. The number of rotatable bonds is 9. The van der Waals surface area contributed by atoms with Crippen molar-refractivity contribution in [2.45, 2.75) is 45.4 Å². The second-order valence-electron chi connectivity index (χ2n) is 8.22.